The second-order valence-corrected chi connectivity index (χ2v) is 6.51. The number of amides is 1. The molecule has 7 heteroatoms. The van der Waals surface area contributed by atoms with Crippen LogP contribution in [0.15, 0.2) is 29.3 Å². The third kappa shape index (κ3) is 5.05. The molecule has 2 rings (SSSR count). The Bertz CT molecular complexity index is 565. The number of anilines is 1. The maximum Gasteiger partial charge on any atom is 0.410 e. The van der Waals surface area contributed by atoms with Crippen LogP contribution in [0.25, 0.3) is 0 Å². The minimum absolute atomic E-state index is 0.0451. The average Bonchev–Trinajstić information content (AvgIpc) is 2.46. The lowest BCUT2D eigenvalue weighted by atomic mass is 10.2. The van der Waals surface area contributed by atoms with Gasteiger partial charge in [0.1, 0.15) is 5.60 Å². The Kier molecular flexibility index (Phi) is 4.98. The third-order valence-electron chi connectivity index (χ3n) is 3.40. The summed E-state index contributed by atoms with van der Waals surface area (Å²) < 4.78 is 5.40. The average molecular weight is 319 g/mol. The number of carbonyl (C=O) groups excluding carboxylic acids is 1. The first-order valence-electron chi connectivity index (χ1n) is 7.67. The number of rotatable bonds is 2. The fraction of sp³-hybridized carbons (Fsp3) is 0.500. The van der Waals surface area contributed by atoms with Crippen LogP contribution in [0.1, 0.15) is 20.8 Å². The quantitative estimate of drug-likeness (QED) is 0.638. The van der Waals surface area contributed by atoms with Gasteiger partial charge in [0.25, 0.3) is 0 Å². The van der Waals surface area contributed by atoms with E-state index in [-0.39, 0.29) is 12.1 Å². The van der Waals surface area contributed by atoms with Crippen LogP contribution < -0.4 is 16.4 Å². The summed E-state index contributed by atoms with van der Waals surface area (Å²) in [4.78, 5) is 20.0. The molecule has 0 bridgehead atoms. The fourth-order valence-electron chi connectivity index (χ4n) is 2.36. The molecule has 1 aromatic rings. The van der Waals surface area contributed by atoms with E-state index >= 15 is 0 Å². The number of guanidine groups is 1. The predicted molar refractivity (Wildman–Crippen MR) is 91.9 cm³/mol. The molecule has 1 amide bonds. The molecule has 1 heterocycles. The maximum absolute atomic E-state index is 12.1. The van der Waals surface area contributed by atoms with Gasteiger partial charge >= 0.3 is 6.09 Å². The van der Waals surface area contributed by atoms with Crippen LogP contribution in [0.5, 0.6) is 0 Å². The van der Waals surface area contributed by atoms with Gasteiger partial charge in [0.15, 0.2) is 5.96 Å². The summed E-state index contributed by atoms with van der Waals surface area (Å²) in [5.74, 6) is 0.0451. The normalized spacial score (nSPS) is 15.3. The van der Waals surface area contributed by atoms with E-state index in [4.69, 9.17) is 16.2 Å². The maximum atomic E-state index is 12.1. The second-order valence-electron chi connectivity index (χ2n) is 6.51. The standard InChI is InChI=1S/C16H25N5O2/c1-16(2,3)23-15(22)21-10-8-20(9-11-21)13-6-4-12(5-7-13)19-14(17)18/h4-7H,8-11H2,1-3H3,(H4,17,18,19). The van der Waals surface area contributed by atoms with Crippen molar-refractivity contribution in [3.63, 3.8) is 0 Å². The number of hydrogen-bond acceptors (Lipinski definition) is 4. The smallest absolute Gasteiger partial charge is 0.410 e. The molecule has 1 fully saturated rings. The lowest BCUT2D eigenvalue weighted by Gasteiger charge is -2.36. The Morgan fingerprint density at radius 3 is 2.13 bits per heavy atom. The molecular weight excluding hydrogens is 294 g/mol. The van der Waals surface area contributed by atoms with Gasteiger partial charge in [-0.1, -0.05) is 0 Å². The highest BCUT2D eigenvalue weighted by Gasteiger charge is 2.25. The van der Waals surface area contributed by atoms with Gasteiger partial charge < -0.3 is 26.0 Å². The summed E-state index contributed by atoms with van der Waals surface area (Å²) in [5.41, 5.74) is 12.1. The Morgan fingerprint density at radius 2 is 1.65 bits per heavy atom. The molecule has 0 atom stereocenters. The Morgan fingerprint density at radius 1 is 1.09 bits per heavy atom. The summed E-state index contributed by atoms with van der Waals surface area (Å²) in [6.45, 7) is 8.44. The van der Waals surface area contributed by atoms with Gasteiger partial charge in [0, 0.05) is 31.9 Å². The van der Waals surface area contributed by atoms with Crippen LogP contribution in [0.3, 0.4) is 0 Å². The monoisotopic (exact) mass is 319 g/mol. The minimum Gasteiger partial charge on any atom is -0.444 e. The third-order valence-corrected chi connectivity index (χ3v) is 3.40. The van der Waals surface area contributed by atoms with Gasteiger partial charge in [-0.3, -0.25) is 0 Å². The summed E-state index contributed by atoms with van der Waals surface area (Å²) in [6.07, 6.45) is -0.250. The van der Waals surface area contributed by atoms with Crippen molar-refractivity contribution in [1.82, 2.24) is 4.90 Å². The molecule has 0 saturated carbocycles. The predicted octanol–water partition coefficient (Wildman–Crippen LogP) is 1.65. The molecule has 0 unspecified atom stereocenters. The highest BCUT2D eigenvalue weighted by Crippen LogP contribution is 2.21. The van der Waals surface area contributed by atoms with Gasteiger partial charge in [-0.15, -0.1) is 0 Å². The van der Waals surface area contributed by atoms with Crippen molar-refractivity contribution < 1.29 is 9.53 Å². The van der Waals surface area contributed by atoms with Crippen LogP contribution in [0.4, 0.5) is 16.2 Å². The van der Waals surface area contributed by atoms with E-state index in [1.54, 1.807) is 4.90 Å². The molecule has 0 aromatic heterocycles. The van der Waals surface area contributed by atoms with Crippen molar-refractivity contribution in [3.8, 4) is 0 Å². The largest absolute Gasteiger partial charge is 0.444 e. The van der Waals surface area contributed by atoms with Crippen molar-refractivity contribution in [2.24, 2.45) is 16.5 Å². The van der Waals surface area contributed by atoms with Crippen LogP contribution >= 0.6 is 0 Å². The van der Waals surface area contributed by atoms with Crippen LogP contribution in [-0.2, 0) is 4.74 Å². The van der Waals surface area contributed by atoms with Gasteiger partial charge in [-0.2, -0.15) is 0 Å². The van der Waals surface area contributed by atoms with Crippen molar-refractivity contribution in [2.45, 2.75) is 26.4 Å². The van der Waals surface area contributed by atoms with E-state index in [0.29, 0.717) is 13.1 Å². The first-order valence-corrected chi connectivity index (χ1v) is 7.67. The molecule has 1 aromatic carbocycles. The molecule has 4 N–H and O–H groups in total. The van der Waals surface area contributed by atoms with E-state index in [2.05, 4.69) is 9.89 Å². The molecule has 23 heavy (non-hydrogen) atoms. The van der Waals surface area contributed by atoms with Crippen molar-refractivity contribution in [1.29, 1.82) is 0 Å². The fourth-order valence-corrected chi connectivity index (χ4v) is 2.36. The first kappa shape index (κ1) is 16.9. The minimum atomic E-state index is -0.463. The van der Waals surface area contributed by atoms with Gasteiger partial charge in [-0.25, -0.2) is 9.79 Å². The molecule has 0 aliphatic carbocycles. The van der Waals surface area contributed by atoms with E-state index in [1.807, 2.05) is 45.0 Å². The molecule has 0 spiro atoms. The topological polar surface area (TPSA) is 97.2 Å². The molecule has 1 aliphatic heterocycles. The van der Waals surface area contributed by atoms with Crippen molar-refractivity contribution in [3.05, 3.63) is 24.3 Å². The van der Waals surface area contributed by atoms with Crippen LogP contribution in [-0.4, -0.2) is 48.7 Å². The summed E-state index contributed by atoms with van der Waals surface area (Å²) in [5, 5.41) is 0. The van der Waals surface area contributed by atoms with E-state index in [0.717, 1.165) is 24.5 Å². The van der Waals surface area contributed by atoms with E-state index in [9.17, 15) is 4.79 Å². The second kappa shape index (κ2) is 6.76. The number of benzene rings is 1. The lowest BCUT2D eigenvalue weighted by molar-refractivity contribution is 0.0240. The molecule has 7 nitrogen and oxygen atoms in total. The number of aliphatic imine (C=N–C) groups is 1. The number of carbonyl (C=O) groups is 1. The van der Waals surface area contributed by atoms with E-state index < -0.39 is 5.60 Å². The number of ether oxygens (including phenoxy) is 1. The Balaban J connectivity index is 1.91. The molecule has 126 valence electrons. The van der Waals surface area contributed by atoms with Gasteiger partial charge in [0.05, 0.1) is 5.69 Å². The number of hydrogen-bond donors (Lipinski definition) is 2. The summed E-state index contributed by atoms with van der Waals surface area (Å²) >= 11 is 0. The van der Waals surface area contributed by atoms with Gasteiger partial charge in [-0.05, 0) is 45.0 Å². The molecule has 1 aliphatic rings. The molecule has 0 radical (unpaired) electrons. The van der Waals surface area contributed by atoms with E-state index in [1.165, 1.54) is 0 Å². The number of piperazine rings is 1. The highest BCUT2D eigenvalue weighted by atomic mass is 16.6. The molecular formula is C16H25N5O2. The Labute approximate surface area is 136 Å². The van der Waals surface area contributed by atoms with Crippen LogP contribution in [0, 0.1) is 0 Å². The molecule has 1 saturated heterocycles. The zero-order valence-corrected chi connectivity index (χ0v) is 14.0. The zero-order valence-electron chi connectivity index (χ0n) is 14.0. The summed E-state index contributed by atoms with van der Waals surface area (Å²) in [6, 6.07) is 7.69. The number of nitrogens with two attached hydrogens (primary N) is 2. The van der Waals surface area contributed by atoms with Crippen LogP contribution in [0.2, 0.25) is 0 Å². The zero-order chi connectivity index (χ0) is 17.0. The first-order chi connectivity index (χ1) is 10.7. The summed E-state index contributed by atoms with van der Waals surface area (Å²) in [7, 11) is 0. The SMILES string of the molecule is CC(C)(C)OC(=O)N1CCN(c2ccc(N=C(N)N)cc2)CC1. The van der Waals surface area contributed by atoms with Gasteiger partial charge in [0.2, 0.25) is 0 Å². The number of nitrogens with zero attached hydrogens (tertiary/aromatic N) is 3. The highest BCUT2D eigenvalue weighted by molar-refractivity contribution is 5.79. The Hall–Kier alpha value is -2.44. The lowest BCUT2D eigenvalue weighted by Crippen LogP contribution is -2.50. The van der Waals surface area contributed by atoms with Crippen molar-refractivity contribution in [2.75, 3.05) is 31.1 Å². The van der Waals surface area contributed by atoms with Crippen molar-refractivity contribution >= 4 is 23.4 Å².